The van der Waals surface area contributed by atoms with Crippen molar-refractivity contribution in [2.45, 2.75) is 25.8 Å². The van der Waals surface area contributed by atoms with Crippen LogP contribution < -0.4 is 5.32 Å². The number of amides is 1. The average molecular weight is 384 g/mol. The number of carbonyl (C=O) groups is 1. The van der Waals surface area contributed by atoms with Gasteiger partial charge in [-0.3, -0.25) is 4.79 Å². The van der Waals surface area contributed by atoms with Crippen LogP contribution in [0.15, 0.2) is 27.1 Å². The zero-order valence-electron chi connectivity index (χ0n) is 9.69. The lowest BCUT2D eigenvalue weighted by molar-refractivity contribution is 0.0911. The van der Waals surface area contributed by atoms with Crippen LogP contribution in [0.25, 0.3) is 0 Å². The highest BCUT2D eigenvalue weighted by atomic mass is 79.9. The highest BCUT2D eigenvalue weighted by molar-refractivity contribution is 9.11. The summed E-state index contributed by atoms with van der Waals surface area (Å²) >= 11 is 12.6. The molecule has 1 unspecified atom stereocenters. The molecule has 5 heteroatoms. The molecule has 0 radical (unpaired) electrons. The van der Waals surface area contributed by atoms with Gasteiger partial charge >= 0.3 is 0 Å². The molecule has 1 aromatic carbocycles. The van der Waals surface area contributed by atoms with Gasteiger partial charge in [0.2, 0.25) is 0 Å². The van der Waals surface area contributed by atoms with Crippen LogP contribution in [0.1, 0.15) is 30.6 Å². The van der Waals surface area contributed by atoms with Crippen LogP contribution >= 0.6 is 43.5 Å². The predicted octanol–water partition coefficient (Wildman–Crippen LogP) is 4.35. The highest BCUT2D eigenvalue weighted by Gasteiger charge is 2.24. The van der Waals surface area contributed by atoms with Crippen LogP contribution in [0.2, 0.25) is 0 Å². The SMILES string of the molecule is CCC(C)(CCl)NC(=O)c1cc(Br)ccc1Br. The Hall–Kier alpha value is -0.0600. The van der Waals surface area contributed by atoms with E-state index in [9.17, 15) is 4.79 Å². The van der Waals surface area contributed by atoms with Gasteiger partial charge in [-0.05, 0) is 47.5 Å². The summed E-state index contributed by atoms with van der Waals surface area (Å²) in [4.78, 5) is 12.1. The zero-order chi connectivity index (χ0) is 13.1. The Bertz CT molecular complexity index is 419. The van der Waals surface area contributed by atoms with Crippen molar-refractivity contribution in [1.82, 2.24) is 5.32 Å². The van der Waals surface area contributed by atoms with Crippen LogP contribution in [0.4, 0.5) is 0 Å². The van der Waals surface area contributed by atoms with Gasteiger partial charge < -0.3 is 5.32 Å². The van der Waals surface area contributed by atoms with Gasteiger partial charge in [0.25, 0.3) is 5.91 Å². The molecule has 0 saturated heterocycles. The maximum atomic E-state index is 12.1. The molecule has 0 heterocycles. The Morgan fingerprint density at radius 1 is 1.47 bits per heavy atom. The van der Waals surface area contributed by atoms with E-state index in [-0.39, 0.29) is 11.4 Å². The van der Waals surface area contributed by atoms with Crippen molar-refractivity contribution in [2.75, 3.05) is 5.88 Å². The van der Waals surface area contributed by atoms with E-state index >= 15 is 0 Å². The maximum Gasteiger partial charge on any atom is 0.252 e. The molecule has 0 saturated carbocycles. The lowest BCUT2D eigenvalue weighted by atomic mass is 10.0. The van der Waals surface area contributed by atoms with E-state index in [1.54, 1.807) is 6.07 Å². The number of rotatable bonds is 4. The fraction of sp³-hybridized carbons (Fsp3) is 0.417. The smallest absolute Gasteiger partial charge is 0.252 e. The van der Waals surface area contributed by atoms with Crippen LogP contribution in [-0.4, -0.2) is 17.3 Å². The van der Waals surface area contributed by atoms with Gasteiger partial charge in [0.15, 0.2) is 0 Å². The predicted molar refractivity (Wildman–Crippen MR) is 78.7 cm³/mol. The Morgan fingerprint density at radius 2 is 2.12 bits per heavy atom. The van der Waals surface area contributed by atoms with E-state index in [1.165, 1.54) is 0 Å². The maximum absolute atomic E-state index is 12.1. The van der Waals surface area contributed by atoms with Gasteiger partial charge in [-0.1, -0.05) is 22.9 Å². The lowest BCUT2D eigenvalue weighted by Crippen LogP contribution is -2.47. The van der Waals surface area contributed by atoms with Crippen molar-refractivity contribution in [1.29, 1.82) is 0 Å². The summed E-state index contributed by atoms with van der Waals surface area (Å²) in [5, 5.41) is 2.96. The average Bonchev–Trinajstić information content (AvgIpc) is 2.32. The number of halogens is 3. The molecule has 0 aromatic heterocycles. The quantitative estimate of drug-likeness (QED) is 0.770. The fourth-order valence-electron chi connectivity index (χ4n) is 1.23. The normalized spacial score (nSPS) is 14.2. The Kier molecular flexibility index (Phi) is 5.48. The van der Waals surface area contributed by atoms with E-state index in [2.05, 4.69) is 37.2 Å². The molecular weight excluding hydrogens is 369 g/mol. The fourth-order valence-corrected chi connectivity index (χ4v) is 2.27. The molecule has 0 fully saturated rings. The standard InChI is InChI=1S/C12H14Br2ClNO/c1-3-12(2,7-15)16-11(17)9-6-8(13)4-5-10(9)14/h4-6H,3,7H2,1-2H3,(H,16,17). The zero-order valence-corrected chi connectivity index (χ0v) is 13.6. The summed E-state index contributed by atoms with van der Waals surface area (Å²) in [6.45, 7) is 3.93. The monoisotopic (exact) mass is 381 g/mol. The first kappa shape index (κ1) is 15.0. The number of nitrogens with one attached hydrogen (secondary N) is 1. The number of hydrogen-bond acceptors (Lipinski definition) is 1. The van der Waals surface area contributed by atoms with Gasteiger partial charge in [-0.2, -0.15) is 0 Å². The minimum Gasteiger partial charge on any atom is -0.346 e. The number of carbonyl (C=O) groups excluding carboxylic acids is 1. The van der Waals surface area contributed by atoms with Crippen molar-refractivity contribution < 1.29 is 4.79 Å². The third-order valence-electron chi connectivity index (χ3n) is 2.66. The van der Waals surface area contributed by atoms with Gasteiger partial charge in [0, 0.05) is 14.8 Å². The van der Waals surface area contributed by atoms with Crippen molar-refractivity contribution in [2.24, 2.45) is 0 Å². The van der Waals surface area contributed by atoms with E-state index in [0.29, 0.717) is 11.4 Å². The third kappa shape index (κ3) is 3.97. The molecule has 94 valence electrons. The second-order valence-electron chi connectivity index (χ2n) is 4.13. The summed E-state index contributed by atoms with van der Waals surface area (Å²) in [5.41, 5.74) is 0.226. The molecule has 0 spiro atoms. The molecule has 0 aliphatic rings. The van der Waals surface area contributed by atoms with E-state index in [4.69, 9.17) is 11.6 Å². The largest absolute Gasteiger partial charge is 0.346 e. The molecule has 1 atom stereocenters. The first-order chi connectivity index (χ1) is 7.91. The second kappa shape index (κ2) is 6.21. The molecule has 0 bridgehead atoms. The van der Waals surface area contributed by atoms with Crippen molar-refractivity contribution in [3.8, 4) is 0 Å². The summed E-state index contributed by atoms with van der Waals surface area (Å²) in [6, 6.07) is 5.49. The van der Waals surface area contributed by atoms with E-state index < -0.39 is 0 Å². The molecule has 0 aliphatic heterocycles. The third-order valence-corrected chi connectivity index (χ3v) is 4.44. The number of hydrogen-bond donors (Lipinski definition) is 1. The number of benzene rings is 1. The van der Waals surface area contributed by atoms with Crippen molar-refractivity contribution in [3.63, 3.8) is 0 Å². The molecule has 0 aliphatic carbocycles. The molecule has 1 amide bonds. The lowest BCUT2D eigenvalue weighted by Gasteiger charge is -2.27. The Labute approximate surface area is 123 Å². The molecule has 17 heavy (non-hydrogen) atoms. The molecule has 1 rings (SSSR count). The second-order valence-corrected chi connectivity index (χ2v) is 6.16. The Balaban J connectivity index is 2.94. The van der Waals surface area contributed by atoms with E-state index in [1.807, 2.05) is 26.0 Å². The van der Waals surface area contributed by atoms with Crippen molar-refractivity contribution in [3.05, 3.63) is 32.7 Å². The molecule has 2 nitrogen and oxygen atoms in total. The van der Waals surface area contributed by atoms with Gasteiger partial charge in [-0.25, -0.2) is 0 Å². The van der Waals surface area contributed by atoms with Gasteiger partial charge in [0.05, 0.1) is 11.1 Å². The van der Waals surface area contributed by atoms with Gasteiger partial charge in [-0.15, -0.1) is 11.6 Å². The van der Waals surface area contributed by atoms with Gasteiger partial charge in [0.1, 0.15) is 0 Å². The van der Waals surface area contributed by atoms with Crippen LogP contribution in [0.3, 0.4) is 0 Å². The molecular formula is C12H14Br2ClNO. The van der Waals surface area contributed by atoms with Crippen molar-refractivity contribution >= 4 is 49.4 Å². The molecule has 1 N–H and O–H groups in total. The van der Waals surface area contributed by atoms with E-state index in [0.717, 1.165) is 15.4 Å². The summed E-state index contributed by atoms with van der Waals surface area (Å²) in [6.07, 6.45) is 0.786. The number of alkyl halides is 1. The van der Waals surface area contributed by atoms with Crippen LogP contribution in [0, 0.1) is 0 Å². The minimum atomic E-state index is -0.375. The summed E-state index contributed by atoms with van der Waals surface area (Å²) in [7, 11) is 0. The van der Waals surface area contributed by atoms with Crippen LogP contribution in [0.5, 0.6) is 0 Å². The minimum absolute atomic E-state index is 0.122. The highest BCUT2D eigenvalue weighted by Crippen LogP contribution is 2.22. The first-order valence-electron chi connectivity index (χ1n) is 5.25. The molecule has 1 aromatic rings. The summed E-state index contributed by atoms with van der Waals surface area (Å²) in [5.74, 6) is 0.268. The first-order valence-corrected chi connectivity index (χ1v) is 7.37. The van der Waals surface area contributed by atoms with Crippen LogP contribution in [-0.2, 0) is 0 Å². The summed E-state index contributed by atoms with van der Waals surface area (Å²) < 4.78 is 1.64. The Morgan fingerprint density at radius 3 is 2.65 bits per heavy atom. The topological polar surface area (TPSA) is 29.1 Å².